The van der Waals surface area contributed by atoms with Crippen LogP contribution in [0.2, 0.25) is 5.02 Å². The van der Waals surface area contributed by atoms with E-state index in [2.05, 4.69) is 5.09 Å². The molecule has 0 saturated heterocycles. The fourth-order valence-electron chi connectivity index (χ4n) is 2.09. The zero-order chi connectivity index (χ0) is 18.4. The molecule has 0 saturated carbocycles. The lowest BCUT2D eigenvalue weighted by molar-refractivity contribution is 0.0973. The first-order valence-electron chi connectivity index (χ1n) is 7.72. The van der Waals surface area contributed by atoms with Gasteiger partial charge in [0.25, 0.3) is 5.91 Å². The first kappa shape index (κ1) is 18.1. The van der Waals surface area contributed by atoms with Gasteiger partial charge in [-0.1, -0.05) is 48.0 Å². The minimum Gasteiger partial charge on any atom is -0.400 e. The van der Waals surface area contributed by atoms with Gasteiger partial charge in [-0.05, 0) is 48.5 Å². The van der Waals surface area contributed by atoms with E-state index >= 15 is 0 Å². The Hall–Kier alpha value is -2.75. The Labute approximate surface area is 156 Å². The Bertz CT molecular complexity index is 872. The van der Waals surface area contributed by atoms with Crippen LogP contribution in [0.1, 0.15) is 10.4 Å². The largest absolute Gasteiger partial charge is 0.544 e. The number of hydrogen-bond acceptors (Lipinski definition) is 4. The van der Waals surface area contributed by atoms with Gasteiger partial charge in [-0.3, -0.25) is 4.79 Å². The zero-order valence-electron chi connectivity index (χ0n) is 13.5. The van der Waals surface area contributed by atoms with E-state index in [0.29, 0.717) is 16.5 Å². The van der Waals surface area contributed by atoms with E-state index in [0.717, 1.165) is 0 Å². The fourth-order valence-corrected chi connectivity index (χ4v) is 3.53. The van der Waals surface area contributed by atoms with Gasteiger partial charge >= 0.3 is 7.75 Å². The van der Waals surface area contributed by atoms with E-state index in [1.54, 1.807) is 72.8 Å². The third-order valence-electron chi connectivity index (χ3n) is 3.28. The predicted molar refractivity (Wildman–Crippen MR) is 101 cm³/mol. The first-order valence-corrected chi connectivity index (χ1v) is 9.64. The number of para-hydroxylation sites is 2. The number of carbonyl (C=O) groups is 1. The highest BCUT2D eigenvalue weighted by atomic mass is 35.5. The monoisotopic (exact) mass is 387 g/mol. The maximum atomic E-state index is 13.2. The van der Waals surface area contributed by atoms with Crippen molar-refractivity contribution in [3.63, 3.8) is 0 Å². The minimum absolute atomic E-state index is 0.281. The summed E-state index contributed by atoms with van der Waals surface area (Å²) in [5.74, 6) is 0.0169. The molecule has 3 aromatic carbocycles. The number of benzene rings is 3. The zero-order valence-corrected chi connectivity index (χ0v) is 15.2. The van der Waals surface area contributed by atoms with Crippen molar-refractivity contribution in [3.8, 4) is 11.5 Å². The first-order chi connectivity index (χ1) is 12.5. The Morgan fingerprint density at radius 2 is 1.23 bits per heavy atom. The number of hydrogen-bond donors (Lipinski definition) is 1. The van der Waals surface area contributed by atoms with Crippen molar-refractivity contribution in [2.75, 3.05) is 0 Å². The molecule has 5 nitrogen and oxygen atoms in total. The molecule has 7 heteroatoms. The van der Waals surface area contributed by atoms with Crippen LogP contribution in [0.5, 0.6) is 11.5 Å². The molecule has 0 aliphatic rings. The normalized spacial score (nSPS) is 10.8. The third-order valence-corrected chi connectivity index (χ3v) is 4.91. The van der Waals surface area contributed by atoms with E-state index in [9.17, 15) is 9.36 Å². The molecule has 132 valence electrons. The SMILES string of the molecule is O=C(NP(=O)(Oc1ccccc1)Oc1ccccc1)c1ccc(Cl)cc1. The molecule has 0 aliphatic heterocycles. The standard InChI is InChI=1S/C19H15ClNO4P/c20-16-13-11-15(12-14-16)19(22)21-26(23,24-17-7-3-1-4-8-17)25-18-9-5-2-6-10-18/h1-14H,(H,21,22,23). The summed E-state index contributed by atoms with van der Waals surface area (Å²) >= 11 is 5.83. The van der Waals surface area contributed by atoms with E-state index in [-0.39, 0.29) is 5.56 Å². The smallest absolute Gasteiger partial charge is 0.400 e. The van der Waals surface area contributed by atoms with Gasteiger partial charge in [0.2, 0.25) is 0 Å². The topological polar surface area (TPSA) is 64.6 Å². The highest BCUT2D eigenvalue weighted by molar-refractivity contribution is 7.53. The van der Waals surface area contributed by atoms with Crippen molar-refractivity contribution in [1.29, 1.82) is 0 Å². The molecule has 1 amide bonds. The van der Waals surface area contributed by atoms with Gasteiger partial charge in [-0.15, -0.1) is 0 Å². The van der Waals surface area contributed by atoms with Gasteiger partial charge in [-0.25, -0.2) is 9.65 Å². The van der Waals surface area contributed by atoms with Crippen LogP contribution in [0.4, 0.5) is 0 Å². The third kappa shape index (κ3) is 4.88. The second-order valence-electron chi connectivity index (χ2n) is 5.25. The van der Waals surface area contributed by atoms with Crippen LogP contribution < -0.4 is 14.1 Å². The van der Waals surface area contributed by atoms with Crippen LogP contribution in [-0.2, 0) is 4.57 Å². The summed E-state index contributed by atoms with van der Waals surface area (Å²) in [6, 6.07) is 23.1. The molecule has 0 radical (unpaired) electrons. The minimum atomic E-state index is -4.03. The lowest BCUT2D eigenvalue weighted by Crippen LogP contribution is -2.25. The van der Waals surface area contributed by atoms with Crippen molar-refractivity contribution in [3.05, 3.63) is 95.5 Å². The lowest BCUT2D eigenvalue weighted by atomic mass is 10.2. The number of halogens is 1. The predicted octanol–water partition coefficient (Wildman–Crippen LogP) is 5.34. The van der Waals surface area contributed by atoms with E-state index in [4.69, 9.17) is 20.6 Å². The number of carbonyl (C=O) groups excluding carboxylic acids is 1. The van der Waals surface area contributed by atoms with Gasteiger partial charge < -0.3 is 9.05 Å². The lowest BCUT2D eigenvalue weighted by Gasteiger charge is -2.20. The second-order valence-corrected chi connectivity index (χ2v) is 7.27. The van der Waals surface area contributed by atoms with Gasteiger partial charge in [0.1, 0.15) is 11.5 Å². The highest BCUT2D eigenvalue weighted by Crippen LogP contribution is 2.44. The highest BCUT2D eigenvalue weighted by Gasteiger charge is 2.32. The van der Waals surface area contributed by atoms with Crippen molar-refractivity contribution in [1.82, 2.24) is 5.09 Å². The van der Waals surface area contributed by atoms with Crippen molar-refractivity contribution in [2.24, 2.45) is 0 Å². The van der Waals surface area contributed by atoms with Gasteiger partial charge in [0, 0.05) is 10.6 Å². The molecule has 26 heavy (non-hydrogen) atoms. The summed E-state index contributed by atoms with van der Waals surface area (Å²) < 4.78 is 24.2. The van der Waals surface area contributed by atoms with Crippen LogP contribution in [-0.4, -0.2) is 5.91 Å². The Kier molecular flexibility index (Phi) is 5.61. The van der Waals surface area contributed by atoms with Crippen LogP contribution in [0, 0.1) is 0 Å². The summed E-state index contributed by atoms with van der Waals surface area (Å²) in [5, 5.41) is 2.85. The molecule has 0 aromatic heterocycles. The Morgan fingerprint density at radius 3 is 1.69 bits per heavy atom. The maximum Gasteiger partial charge on any atom is 0.544 e. The molecule has 0 heterocycles. The van der Waals surface area contributed by atoms with Crippen LogP contribution in [0.15, 0.2) is 84.9 Å². The van der Waals surface area contributed by atoms with Crippen molar-refractivity contribution < 1.29 is 18.4 Å². The molecule has 0 fully saturated rings. The number of rotatable bonds is 6. The molecule has 0 spiro atoms. The quantitative estimate of drug-likeness (QED) is 0.580. The van der Waals surface area contributed by atoms with Gasteiger partial charge in [-0.2, -0.15) is 0 Å². The molecular formula is C19H15ClNO4P. The van der Waals surface area contributed by atoms with Crippen molar-refractivity contribution >= 4 is 25.3 Å². The molecule has 1 N–H and O–H groups in total. The van der Waals surface area contributed by atoms with Crippen LogP contribution in [0.25, 0.3) is 0 Å². The molecule has 0 atom stereocenters. The van der Waals surface area contributed by atoms with E-state index < -0.39 is 13.7 Å². The summed E-state index contributed by atoms with van der Waals surface area (Å²) in [7, 11) is -4.03. The maximum absolute atomic E-state index is 13.2. The second kappa shape index (κ2) is 8.09. The van der Waals surface area contributed by atoms with E-state index in [1.165, 1.54) is 12.1 Å². The fraction of sp³-hybridized carbons (Fsp3) is 0. The summed E-state index contributed by atoms with van der Waals surface area (Å²) in [5.41, 5.74) is 0.281. The average Bonchev–Trinajstić information content (AvgIpc) is 2.63. The molecule has 0 aliphatic carbocycles. The molecule has 0 bridgehead atoms. The Balaban J connectivity index is 1.85. The number of amides is 1. The van der Waals surface area contributed by atoms with E-state index in [1.807, 2.05) is 0 Å². The molecule has 3 rings (SSSR count). The number of nitrogens with one attached hydrogen (secondary N) is 1. The molecule has 0 unspecified atom stereocenters. The van der Waals surface area contributed by atoms with Gasteiger partial charge in [0.15, 0.2) is 0 Å². The summed E-state index contributed by atoms with van der Waals surface area (Å²) in [6.45, 7) is 0. The van der Waals surface area contributed by atoms with Crippen LogP contribution in [0.3, 0.4) is 0 Å². The summed E-state index contributed by atoms with van der Waals surface area (Å²) in [4.78, 5) is 12.5. The van der Waals surface area contributed by atoms with Crippen LogP contribution >= 0.6 is 19.3 Å². The molecule has 3 aromatic rings. The van der Waals surface area contributed by atoms with Crippen molar-refractivity contribution in [2.45, 2.75) is 0 Å². The molecular weight excluding hydrogens is 373 g/mol. The van der Waals surface area contributed by atoms with Gasteiger partial charge in [0.05, 0.1) is 0 Å². The summed E-state index contributed by atoms with van der Waals surface area (Å²) in [6.07, 6.45) is 0. The average molecular weight is 388 g/mol. The Morgan fingerprint density at radius 1 is 0.769 bits per heavy atom.